The first kappa shape index (κ1) is 18.0. The van der Waals surface area contributed by atoms with Gasteiger partial charge in [-0.05, 0) is 37.6 Å². The summed E-state index contributed by atoms with van der Waals surface area (Å²) in [4.78, 5) is 0. The van der Waals surface area contributed by atoms with Crippen molar-refractivity contribution in [2.45, 2.75) is 104 Å². The first-order valence-electron chi connectivity index (χ1n) is 9.51. The van der Waals surface area contributed by atoms with Crippen LogP contribution in [0.15, 0.2) is 0 Å². The molecule has 1 fully saturated rings. The molecular formula is C19H39N. The standard InChI is InChI=1S/C19H39N/c1-4-6-7-8-9-10-11-12-13-19(20-5-2)18-15-14-17(3)16-18/h17-20H,4-16H2,1-3H3. The van der Waals surface area contributed by atoms with Crippen LogP contribution in [0.5, 0.6) is 0 Å². The minimum atomic E-state index is 0.810. The van der Waals surface area contributed by atoms with Crippen LogP contribution in [-0.4, -0.2) is 12.6 Å². The summed E-state index contributed by atoms with van der Waals surface area (Å²) in [7, 11) is 0. The van der Waals surface area contributed by atoms with Crippen LogP contribution in [-0.2, 0) is 0 Å². The summed E-state index contributed by atoms with van der Waals surface area (Å²) >= 11 is 0. The van der Waals surface area contributed by atoms with Crippen molar-refractivity contribution in [3.63, 3.8) is 0 Å². The maximum Gasteiger partial charge on any atom is 0.00953 e. The smallest absolute Gasteiger partial charge is 0.00953 e. The minimum absolute atomic E-state index is 0.810. The second-order valence-corrected chi connectivity index (χ2v) is 7.11. The molecule has 1 saturated carbocycles. The molecule has 0 aromatic carbocycles. The highest BCUT2D eigenvalue weighted by molar-refractivity contribution is 4.83. The van der Waals surface area contributed by atoms with Crippen LogP contribution in [0.25, 0.3) is 0 Å². The normalized spacial score (nSPS) is 24.1. The lowest BCUT2D eigenvalue weighted by atomic mass is 9.92. The zero-order chi connectivity index (χ0) is 14.6. The maximum atomic E-state index is 3.76. The summed E-state index contributed by atoms with van der Waals surface area (Å²) in [6, 6.07) is 0.810. The van der Waals surface area contributed by atoms with E-state index in [1.54, 1.807) is 0 Å². The van der Waals surface area contributed by atoms with Crippen molar-refractivity contribution in [1.82, 2.24) is 5.32 Å². The summed E-state index contributed by atoms with van der Waals surface area (Å²) < 4.78 is 0. The minimum Gasteiger partial charge on any atom is -0.314 e. The monoisotopic (exact) mass is 281 g/mol. The Hall–Kier alpha value is -0.0400. The molecule has 1 aliphatic carbocycles. The molecule has 0 spiro atoms. The Labute approximate surface area is 128 Å². The van der Waals surface area contributed by atoms with Crippen LogP contribution in [0.4, 0.5) is 0 Å². The molecule has 1 aliphatic rings. The summed E-state index contributed by atoms with van der Waals surface area (Å²) in [5.74, 6) is 1.94. The number of unbranched alkanes of at least 4 members (excludes halogenated alkanes) is 7. The summed E-state index contributed by atoms with van der Waals surface area (Å²) in [5.41, 5.74) is 0. The van der Waals surface area contributed by atoms with Gasteiger partial charge in [-0.15, -0.1) is 0 Å². The van der Waals surface area contributed by atoms with Crippen molar-refractivity contribution < 1.29 is 0 Å². The van der Waals surface area contributed by atoms with E-state index in [1.165, 1.54) is 77.0 Å². The molecule has 0 aromatic rings. The Bertz CT molecular complexity index is 214. The average Bonchev–Trinajstić information content (AvgIpc) is 2.87. The fourth-order valence-electron chi connectivity index (χ4n) is 3.88. The summed E-state index contributed by atoms with van der Waals surface area (Å²) in [6.45, 7) is 8.13. The molecule has 0 heterocycles. The fourth-order valence-corrected chi connectivity index (χ4v) is 3.88. The van der Waals surface area contributed by atoms with Gasteiger partial charge in [0.2, 0.25) is 0 Å². The van der Waals surface area contributed by atoms with Crippen LogP contribution in [0.2, 0.25) is 0 Å². The lowest BCUT2D eigenvalue weighted by molar-refractivity contribution is 0.328. The lowest BCUT2D eigenvalue weighted by Gasteiger charge is -2.24. The van der Waals surface area contributed by atoms with E-state index in [0.717, 1.165) is 24.4 Å². The molecule has 1 N–H and O–H groups in total. The van der Waals surface area contributed by atoms with E-state index in [2.05, 4.69) is 26.1 Å². The zero-order valence-corrected chi connectivity index (χ0v) is 14.4. The van der Waals surface area contributed by atoms with Crippen molar-refractivity contribution in [3.05, 3.63) is 0 Å². The van der Waals surface area contributed by atoms with E-state index in [9.17, 15) is 0 Å². The van der Waals surface area contributed by atoms with Gasteiger partial charge in [0, 0.05) is 6.04 Å². The number of rotatable bonds is 12. The van der Waals surface area contributed by atoms with E-state index < -0.39 is 0 Å². The van der Waals surface area contributed by atoms with E-state index in [4.69, 9.17) is 0 Å². The van der Waals surface area contributed by atoms with Crippen molar-refractivity contribution >= 4 is 0 Å². The van der Waals surface area contributed by atoms with E-state index >= 15 is 0 Å². The number of hydrogen-bond acceptors (Lipinski definition) is 1. The first-order chi connectivity index (χ1) is 9.77. The zero-order valence-electron chi connectivity index (χ0n) is 14.4. The maximum absolute atomic E-state index is 3.76. The Morgan fingerprint density at radius 2 is 1.55 bits per heavy atom. The third kappa shape index (κ3) is 7.67. The Morgan fingerprint density at radius 3 is 2.10 bits per heavy atom. The SMILES string of the molecule is CCCCCCCCCCC(NCC)C1CCC(C)C1. The number of nitrogens with one attached hydrogen (secondary N) is 1. The molecule has 3 unspecified atom stereocenters. The molecule has 1 rings (SSSR count). The molecule has 3 atom stereocenters. The molecular weight excluding hydrogens is 242 g/mol. The van der Waals surface area contributed by atoms with Gasteiger partial charge in [-0.25, -0.2) is 0 Å². The van der Waals surface area contributed by atoms with Crippen LogP contribution in [0, 0.1) is 11.8 Å². The molecule has 20 heavy (non-hydrogen) atoms. The van der Waals surface area contributed by atoms with E-state index in [1.807, 2.05) is 0 Å². The molecule has 1 nitrogen and oxygen atoms in total. The van der Waals surface area contributed by atoms with Gasteiger partial charge in [-0.1, -0.05) is 78.6 Å². The average molecular weight is 282 g/mol. The van der Waals surface area contributed by atoms with Crippen LogP contribution in [0.1, 0.15) is 97.8 Å². The number of hydrogen-bond donors (Lipinski definition) is 1. The quantitative estimate of drug-likeness (QED) is 0.437. The predicted octanol–water partition coefficient (Wildman–Crippen LogP) is 5.93. The van der Waals surface area contributed by atoms with Crippen LogP contribution < -0.4 is 5.32 Å². The highest BCUT2D eigenvalue weighted by Crippen LogP contribution is 2.34. The van der Waals surface area contributed by atoms with Crippen molar-refractivity contribution in [2.24, 2.45) is 11.8 Å². The van der Waals surface area contributed by atoms with Crippen molar-refractivity contribution in [2.75, 3.05) is 6.54 Å². The van der Waals surface area contributed by atoms with E-state index in [0.29, 0.717) is 0 Å². The van der Waals surface area contributed by atoms with Crippen LogP contribution >= 0.6 is 0 Å². The third-order valence-electron chi connectivity index (χ3n) is 5.14. The van der Waals surface area contributed by atoms with Crippen molar-refractivity contribution in [1.29, 1.82) is 0 Å². The molecule has 0 aliphatic heterocycles. The second kappa shape index (κ2) is 11.6. The third-order valence-corrected chi connectivity index (χ3v) is 5.14. The fraction of sp³-hybridized carbons (Fsp3) is 1.00. The van der Waals surface area contributed by atoms with Gasteiger partial charge in [0.05, 0.1) is 0 Å². The van der Waals surface area contributed by atoms with Gasteiger partial charge in [0.15, 0.2) is 0 Å². The molecule has 1 heteroatoms. The molecule has 0 aromatic heterocycles. The topological polar surface area (TPSA) is 12.0 Å². The predicted molar refractivity (Wildman–Crippen MR) is 91.2 cm³/mol. The lowest BCUT2D eigenvalue weighted by Crippen LogP contribution is -2.35. The van der Waals surface area contributed by atoms with Gasteiger partial charge in [0.1, 0.15) is 0 Å². The molecule has 0 radical (unpaired) electrons. The molecule has 0 amide bonds. The molecule has 0 saturated heterocycles. The van der Waals surface area contributed by atoms with Crippen LogP contribution in [0.3, 0.4) is 0 Å². The highest BCUT2D eigenvalue weighted by Gasteiger charge is 2.27. The largest absolute Gasteiger partial charge is 0.314 e. The molecule has 120 valence electrons. The first-order valence-corrected chi connectivity index (χ1v) is 9.51. The highest BCUT2D eigenvalue weighted by atomic mass is 14.9. The molecule has 0 bridgehead atoms. The Balaban J connectivity index is 2.04. The van der Waals surface area contributed by atoms with Gasteiger partial charge >= 0.3 is 0 Å². The summed E-state index contributed by atoms with van der Waals surface area (Å²) in [5, 5.41) is 3.76. The van der Waals surface area contributed by atoms with Gasteiger partial charge in [0.25, 0.3) is 0 Å². The Morgan fingerprint density at radius 1 is 0.900 bits per heavy atom. The van der Waals surface area contributed by atoms with Gasteiger partial charge in [-0.3, -0.25) is 0 Å². The Kier molecular flexibility index (Phi) is 10.4. The van der Waals surface area contributed by atoms with Crippen molar-refractivity contribution in [3.8, 4) is 0 Å². The second-order valence-electron chi connectivity index (χ2n) is 7.11. The summed E-state index contributed by atoms with van der Waals surface area (Å²) in [6.07, 6.45) is 17.4. The van der Waals surface area contributed by atoms with E-state index in [-0.39, 0.29) is 0 Å². The van der Waals surface area contributed by atoms with Gasteiger partial charge in [-0.2, -0.15) is 0 Å². The van der Waals surface area contributed by atoms with Gasteiger partial charge < -0.3 is 5.32 Å².